The number of benzene rings is 1. The molecular formula is C31H35ClF2N8O4S. The minimum Gasteiger partial charge on any atom is -0.467 e. The number of methoxy groups -OCH3 is 1. The van der Waals surface area contributed by atoms with E-state index in [1.165, 1.54) is 33.1 Å². The maximum atomic E-state index is 14.3. The topological polar surface area (TPSA) is 130 Å². The van der Waals surface area contributed by atoms with Crippen molar-refractivity contribution >= 4 is 44.9 Å². The van der Waals surface area contributed by atoms with Gasteiger partial charge in [-0.2, -0.15) is 15.1 Å². The van der Waals surface area contributed by atoms with Gasteiger partial charge >= 0.3 is 10.9 Å². The first kappa shape index (κ1) is 31.9. The summed E-state index contributed by atoms with van der Waals surface area (Å²) in [5.74, 6) is -0.136. The zero-order valence-electron chi connectivity index (χ0n) is 26.0. The lowest BCUT2D eigenvalue weighted by Crippen LogP contribution is -2.28. The summed E-state index contributed by atoms with van der Waals surface area (Å²) in [4.78, 5) is 40.2. The van der Waals surface area contributed by atoms with Gasteiger partial charge in [-0.05, 0) is 38.3 Å². The van der Waals surface area contributed by atoms with Crippen LogP contribution in [-0.4, -0.2) is 81.5 Å². The summed E-state index contributed by atoms with van der Waals surface area (Å²) < 4.78 is 40.6. The molecule has 3 unspecified atom stereocenters. The number of nitrogens with zero attached hydrogens (tertiary/aromatic N) is 6. The second kappa shape index (κ2) is 13.1. The highest BCUT2D eigenvalue weighted by Crippen LogP contribution is 2.39. The third kappa shape index (κ3) is 6.09. The molecule has 1 aromatic carbocycles. The molecule has 0 bridgehead atoms. The number of ether oxygens (including phenoxy) is 2. The van der Waals surface area contributed by atoms with E-state index >= 15 is 0 Å². The Morgan fingerprint density at radius 3 is 2.87 bits per heavy atom. The van der Waals surface area contributed by atoms with Crippen molar-refractivity contribution in [1.82, 2.24) is 34.9 Å². The predicted molar refractivity (Wildman–Crippen MR) is 173 cm³/mol. The molecule has 2 N–H and O–H groups in total. The standard InChI is InChI=1S/C24H23ClFN7O4S.C7H12FN/c1-27-22(34)19-17(25)15-9-32(6-3-7-33(15)31-19)21-12-10-37-16(8-14(12)28-23(30-21)36-2)11-4-5-13(26)20-18(11)29-24(35)38-20;8-6-4-7-2-1-3-9(7)5-6/h4-5,16H,3,6-10H2,1-2H3,(H,27,34)(H,29,35);6-7H,1-5H2. The Labute approximate surface area is 278 Å². The molecule has 250 valence electrons. The number of H-pyrrole nitrogens is 1. The van der Waals surface area contributed by atoms with Gasteiger partial charge in [0.1, 0.15) is 17.8 Å². The van der Waals surface area contributed by atoms with E-state index in [4.69, 9.17) is 21.1 Å². The van der Waals surface area contributed by atoms with E-state index in [2.05, 4.69) is 35.2 Å². The molecule has 0 aliphatic carbocycles. The first-order valence-corrected chi connectivity index (χ1v) is 16.9. The number of carbonyl (C=O) groups is 1. The maximum absolute atomic E-state index is 14.3. The molecule has 16 heteroatoms. The third-order valence-corrected chi connectivity index (χ3v) is 10.6. The van der Waals surface area contributed by atoms with Crippen molar-refractivity contribution in [3.63, 3.8) is 0 Å². The lowest BCUT2D eigenvalue weighted by atomic mass is 9.98. The van der Waals surface area contributed by atoms with Crippen LogP contribution in [0.4, 0.5) is 14.6 Å². The van der Waals surface area contributed by atoms with Crippen molar-refractivity contribution in [3.05, 3.63) is 60.8 Å². The summed E-state index contributed by atoms with van der Waals surface area (Å²) in [6.07, 6.45) is 3.50. The van der Waals surface area contributed by atoms with Crippen LogP contribution < -0.4 is 19.8 Å². The van der Waals surface area contributed by atoms with Gasteiger partial charge in [0.15, 0.2) is 5.69 Å². The van der Waals surface area contributed by atoms with Gasteiger partial charge in [-0.3, -0.25) is 19.2 Å². The Hall–Kier alpha value is -3.66. The van der Waals surface area contributed by atoms with E-state index in [1.54, 1.807) is 10.7 Å². The van der Waals surface area contributed by atoms with Gasteiger partial charge in [0.25, 0.3) is 5.91 Å². The number of nitrogens with one attached hydrogen (secondary N) is 2. The highest BCUT2D eigenvalue weighted by atomic mass is 35.5. The van der Waals surface area contributed by atoms with Crippen LogP contribution in [0.25, 0.3) is 10.2 Å². The van der Waals surface area contributed by atoms with Crippen LogP contribution in [0.3, 0.4) is 0 Å². The fraction of sp³-hybridized carbons (Fsp3) is 0.516. The molecule has 0 radical (unpaired) electrons. The fourth-order valence-corrected chi connectivity index (χ4v) is 8.08. The molecule has 7 heterocycles. The zero-order valence-corrected chi connectivity index (χ0v) is 27.6. The maximum Gasteiger partial charge on any atom is 0.318 e. The van der Waals surface area contributed by atoms with Crippen molar-refractivity contribution in [1.29, 1.82) is 0 Å². The number of halogens is 3. The van der Waals surface area contributed by atoms with E-state index in [0.29, 0.717) is 60.6 Å². The summed E-state index contributed by atoms with van der Waals surface area (Å²) in [5.41, 5.74) is 3.60. The van der Waals surface area contributed by atoms with Crippen LogP contribution in [0.15, 0.2) is 16.9 Å². The molecule has 4 aliphatic heterocycles. The molecule has 4 aliphatic rings. The molecule has 0 spiro atoms. The predicted octanol–water partition coefficient (Wildman–Crippen LogP) is 4.15. The Kier molecular flexibility index (Phi) is 8.89. The average molecular weight is 689 g/mol. The van der Waals surface area contributed by atoms with Gasteiger partial charge in [0.05, 0.1) is 53.0 Å². The second-order valence-electron chi connectivity index (χ2n) is 12.1. The summed E-state index contributed by atoms with van der Waals surface area (Å²) in [5, 5.41) is 7.30. The number of thiazole rings is 1. The molecule has 47 heavy (non-hydrogen) atoms. The van der Waals surface area contributed by atoms with E-state index in [-0.39, 0.29) is 33.8 Å². The number of amides is 1. The van der Waals surface area contributed by atoms with Crippen LogP contribution in [0.2, 0.25) is 5.02 Å². The summed E-state index contributed by atoms with van der Waals surface area (Å²) in [7, 11) is 3.04. The summed E-state index contributed by atoms with van der Waals surface area (Å²) in [6, 6.07) is 3.81. The van der Waals surface area contributed by atoms with Crippen LogP contribution in [-0.2, 0) is 30.9 Å². The van der Waals surface area contributed by atoms with Gasteiger partial charge < -0.3 is 24.7 Å². The van der Waals surface area contributed by atoms with Gasteiger partial charge in [-0.25, -0.2) is 8.78 Å². The van der Waals surface area contributed by atoms with Crippen molar-refractivity contribution in [2.75, 3.05) is 38.7 Å². The number of rotatable bonds is 4. The number of aromatic nitrogens is 5. The Bertz CT molecular complexity index is 1870. The monoisotopic (exact) mass is 688 g/mol. The van der Waals surface area contributed by atoms with Crippen LogP contribution in [0, 0.1) is 5.82 Å². The Balaban J connectivity index is 0.000000334. The van der Waals surface area contributed by atoms with E-state index in [9.17, 15) is 18.4 Å². The molecule has 3 aromatic heterocycles. The van der Waals surface area contributed by atoms with E-state index in [0.717, 1.165) is 47.7 Å². The van der Waals surface area contributed by atoms with Crippen molar-refractivity contribution < 1.29 is 23.0 Å². The summed E-state index contributed by atoms with van der Waals surface area (Å²) >= 11 is 7.42. The van der Waals surface area contributed by atoms with Crippen molar-refractivity contribution in [2.24, 2.45) is 0 Å². The van der Waals surface area contributed by atoms with Crippen LogP contribution in [0.1, 0.15) is 64.8 Å². The largest absolute Gasteiger partial charge is 0.467 e. The molecule has 4 aromatic rings. The number of fused-ring (bicyclic) bond motifs is 4. The lowest BCUT2D eigenvalue weighted by Gasteiger charge is -2.30. The summed E-state index contributed by atoms with van der Waals surface area (Å²) in [6.45, 7) is 3.72. The Morgan fingerprint density at radius 2 is 2.09 bits per heavy atom. The van der Waals surface area contributed by atoms with Gasteiger partial charge in [0, 0.05) is 50.3 Å². The minimum absolute atomic E-state index is 0.191. The molecule has 12 nitrogen and oxygen atoms in total. The highest BCUT2D eigenvalue weighted by molar-refractivity contribution is 7.16. The molecule has 2 fully saturated rings. The number of hydrogen-bond donors (Lipinski definition) is 2. The van der Waals surface area contributed by atoms with Crippen molar-refractivity contribution in [3.8, 4) is 6.01 Å². The lowest BCUT2D eigenvalue weighted by molar-refractivity contribution is 0.0265. The number of anilines is 1. The number of alkyl halides is 1. The molecule has 3 atom stereocenters. The first-order valence-electron chi connectivity index (χ1n) is 15.7. The van der Waals surface area contributed by atoms with Gasteiger partial charge in [-0.15, -0.1) is 0 Å². The molecular weight excluding hydrogens is 654 g/mol. The van der Waals surface area contributed by atoms with E-state index in [1.807, 2.05) is 0 Å². The molecule has 1 amide bonds. The SMILES string of the molecule is CNC(=O)c1nn2c(c1Cl)CN(c1nc(OC)nc3c1COC(c1ccc(F)c4sc(=O)[nH]c14)C3)CCC2.FC1CC2CCCN2C1. The molecule has 2 saturated heterocycles. The second-order valence-corrected chi connectivity index (χ2v) is 13.5. The van der Waals surface area contributed by atoms with Gasteiger partial charge in [-0.1, -0.05) is 29.0 Å². The number of carbonyl (C=O) groups excluding carboxylic acids is 1. The smallest absolute Gasteiger partial charge is 0.318 e. The minimum atomic E-state index is -0.518. The Morgan fingerprint density at radius 1 is 1.23 bits per heavy atom. The third-order valence-electron chi connectivity index (χ3n) is 9.28. The average Bonchev–Trinajstić information content (AvgIpc) is 3.80. The normalized spacial score (nSPS) is 22.2. The first-order chi connectivity index (χ1) is 22.7. The van der Waals surface area contributed by atoms with Crippen molar-refractivity contribution in [2.45, 2.75) is 70.1 Å². The fourth-order valence-electron chi connectivity index (χ4n) is 7.03. The van der Waals surface area contributed by atoms with Crippen LogP contribution in [0.5, 0.6) is 6.01 Å². The highest BCUT2D eigenvalue weighted by Gasteiger charge is 2.35. The number of aromatic amines is 1. The van der Waals surface area contributed by atoms with E-state index < -0.39 is 18.1 Å². The quantitative estimate of drug-likeness (QED) is 0.325. The number of hydrogen-bond acceptors (Lipinski definition) is 10. The zero-order chi connectivity index (χ0) is 32.8. The number of aryl methyl sites for hydroxylation is 1. The molecule has 8 rings (SSSR count). The van der Waals surface area contributed by atoms with Gasteiger partial charge in [0.2, 0.25) is 0 Å². The van der Waals surface area contributed by atoms with Crippen LogP contribution >= 0.6 is 22.9 Å². The molecule has 0 saturated carbocycles.